The molecule has 1 rings (SSSR count). The molecule has 108 valence electrons. The summed E-state index contributed by atoms with van der Waals surface area (Å²) in [4.78, 5) is 11.7. The van der Waals surface area contributed by atoms with E-state index in [0.29, 0.717) is 17.8 Å². The molecule has 0 saturated heterocycles. The van der Waals surface area contributed by atoms with Gasteiger partial charge in [0.15, 0.2) is 0 Å². The van der Waals surface area contributed by atoms with Gasteiger partial charge in [0.25, 0.3) is 0 Å². The first-order chi connectivity index (χ1) is 8.85. The van der Waals surface area contributed by atoms with Crippen LogP contribution in [-0.2, 0) is 11.2 Å². The lowest BCUT2D eigenvalue weighted by atomic mass is 9.89. The Bertz CT molecular complexity index is 410. The number of halogens is 1. The van der Waals surface area contributed by atoms with Crippen LogP contribution in [0.4, 0.5) is 0 Å². The maximum absolute atomic E-state index is 11.7. The number of aliphatic hydroxyl groups is 1. The first kappa shape index (κ1) is 16.0. The highest BCUT2D eigenvalue weighted by molar-refractivity contribution is 6.29. The maximum atomic E-state index is 11.7. The molecular formula is C13H21ClN2O3. The van der Waals surface area contributed by atoms with Crippen LogP contribution in [0.1, 0.15) is 37.9 Å². The van der Waals surface area contributed by atoms with Crippen molar-refractivity contribution in [3.8, 4) is 0 Å². The molecule has 0 saturated carbocycles. The van der Waals surface area contributed by atoms with Crippen LogP contribution in [-0.4, -0.2) is 29.3 Å². The average molecular weight is 289 g/mol. The molecule has 2 N–H and O–H groups in total. The Morgan fingerprint density at radius 1 is 1.53 bits per heavy atom. The van der Waals surface area contributed by atoms with E-state index in [-0.39, 0.29) is 29.6 Å². The van der Waals surface area contributed by atoms with Crippen LogP contribution in [0.25, 0.3) is 0 Å². The molecule has 0 spiro atoms. The highest BCUT2D eigenvalue weighted by atomic mass is 35.5. The van der Waals surface area contributed by atoms with Gasteiger partial charge in [-0.05, 0) is 36.8 Å². The number of rotatable bonds is 7. The predicted molar refractivity (Wildman–Crippen MR) is 73.1 cm³/mol. The normalized spacial score (nSPS) is 11.6. The molecule has 0 aromatic carbocycles. The van der Waals surface area contributed by atoms with Crippen molar-refractivity contribution in [2.75, 3.05) is 13.2 Å². The summed E-state index contributed by atoms with van der Waals surface area (Å²) in [6.07, 6.45) is 1.87. The van der Waals surface area contributed by atoms with Crippen molar-refractivity contribution < 1.29 is 14.4 Å². The van der Waals surface area contributed by atoms with E-state index in [1.807, 2.05) is 13.8 Å². The summed E-state index contributed by atoms with van der Waals surface area (Å²) >= 11 is 5.79. The summed E-state index contributed by atoms with van der Waals surface area (Å²) in [7, 11) is 0. The lowest BCUT2D eigenvalue weighted by Crippen LogP contribution is -2.27. The Kier molecular flexibility index (Phi) is 5.82. The number of hydrogen-bond donors (Lipinski definition) is 2. The molecule has 1 aromatic rings. The van der Waals surface area contributed by atoms with Gasteiger partial charge in [0.05, 0.1) is 12.1 Å². The first-order valence-electron chi connectivity index (χ1n) is 6.34. The number of nitrogens with one attached hydrogen (secondary N) is 1. The quantitative estimate of drug-likeness (QED) is 0.753. The lowest BCUT2D eigenvalue weighted by molar-refractivity contribution is -0.120. The SMILES string of the molecule is Cc1noc(Cl)c1CC(=O)NCCCC(C)(C)CO. The molecule has 0 radical (unpaired) electrons. The first-order valence-corrected chi connectivity index (χ1v) is 6.72. The zero-order valence-corrected chi connectivity index (χ0v) is 12.4. The fourth-order valence-corrected chi connectivity index (χ4v) is 1.89. The molecule has 6 heteroatoms. The lowest BCUT2D eigenvalue weighted by Gasteiger charge is -2.21. The Balaban J connectivity index is 2.30. The highest BCUT2D eigenvalue weighted by Gasteiger charge is 2.17. The number of carbonyl (C=O) groups is 1. The third kappa shape index (κ3) is 5.20. The number of amides is 1. The predicted octanol–water partition coefficient (Wildman–Crippen LogP) is 2.09. The Labute approximate surface area is 118 Å². The van der Waals surface area contributed by atoms with E-state index in [4.69, 9.17) is 21.2 Å². The second-order valence-corrected chi connectivity index (χ2v) is 5.82. The van der Waals surface area contributed by atoms with Gasteiger partial charge in [0.2, 0.25) is 11.1 Å². The van der Waals surface area contributed by atoms with Gasteiger partial charge >= 0.3 is 0 Å². The molecule has 1 amide bonds. The van der Waals surface area contributed by atoms with Gasteiger partial charge in [-0.3, -0.25) is 4.79 Å². The molecule has 5 nitrogen and oxygen atoms in total. The standard InChI is InChI=1S/C13H21ClN2O3/c1-9-10(12(14)19-16-9)7-11(18)15-6-4-5-13(2,3)8-17/h17H,4-8H2,1-3H3,(H,15,18). The molecule has 0 atom stereocenters. The smallest absolute Gasteiger partial charge is 0.229 e. The molecular weight excluding hydrogens is 268 g/mol. The van der Waals surface area contributed by atoms with Crippen molar-refractivity contribution in [2.24, 2.45) is 5.41 Å². The van der Waals surface area contributed by atoms with Gasteiger partial charge in [-0.1, -0.05) is 19.0 Å². The molecule has 0 aliphatic rings. The van der Waals surface area contributed by atoms with E-state index in [1.165, 1.54) is 0 Å². The largest absolute Gasteiger partial charge is 0.396 e. The number of aromatic nitrogens is 1. The van der Waals surface area contributed by atoms with Gasteiger partial charge in [-0.15, -0.1) is 0 Å². The van der Waals surface area contributed by atoms with Gasteiger partial charge in [-0.2, -0.15) is 0 Å². The summed E-state index contributed by atoms with van der Waals surface area (Å²) in [5.41, 5.74) is 1.18. The molecule has 0 aliphatic carbocycles. The van der Waals surface area contributed by atoms with E-state index in [0.717, 1.165) is 12.8 Å². The summed E-state index contributed by atoms with van der Waals surface area (Å²) in [5.74, 6) is -0.102. The van der Waals surface area contributed by atoms with Crippen LogP contribution in [0.15, 0.2) is 4.52 Å². The second kappa shape index (κ2) is 6.91. The number of aliphatic hydroxyl groups excluding tert-OH is 1. The van der Waals surface area contributed by atoms with Crippen LogP contribution in [0.5, 0.6) is 0 Å². The van der Waals surface area contributed by atoms with Crippen LogP contribution >= 0.6 is 11.6 Å². The topological polar surface area (TPSA) is 75.4 Å². The van der Waals surface area contributed by atoms with Gasteiger partial charge in [0.1, 0.15) is 0 Å². The van der Waals surface area contributed by atoms with E-state index in [1.54, 1.807) is 6.92 Å². The third-order valence-corrected chi connectivity index (χ3v) is 3.35. The second-order valence-electron chi connectivity index (χ2n) is 5.47. The summed E-state index contributed by atoms with van der Waals surface area (Å²) in [6.45, 7) is 6.48. The molecule has 0 aliphatic heterocycles. The Morgan fingerprint density at radius 3 is 2.74 bits per heavy atom. The average Bonchev–Trinajstić information content (AvgIpc) is 2.66. The van der Waals surface area contributed by atoms with Crippen molar-refractivity contribution in [3.05, 3.63) is 16.5 Å². The monoisotopic (exact) mass is 288 g/mol. The maximum Gasteiger partial charge on any atom is 0.229 e. The van der Waals surface area contributed by atoms with Crippen LogP contribution in [0.2, 0.25) is 5.22 Å². The minimum absolute atomic E-state index is 0.0981. The van der Waals surface area contributed by atoms with Crippen LogP contribution in [0, 0.1) is 12.3 Å². The Hall–Kier alpha value is -1.07. The molecule has 1 heterocycles. The van der Waals surface area contributed by atoms with Gasteiger partial charge in [0, 0.05) is 18.7 Å². The summed E-state index contributed by atoms with van der Waals surface area (Å²) in [6, 6.07) is 0. The van der Waals surface area contributed by atoms with E-state index < -0.39 is 0 Å². The minimum atomic E-state index is -0.102. The van der Waals surface area contributed by atoms with E-state index in [9.17, 15) is 4.79 Å². The van der Waals surface area contributed by atoms with Crippen LogP contribution < -0.4 is 5.32 Å². The van der Waals surface area contributed by atoms with Gasteiger partial charge in [-0.25, -0.2) is 0 Å². The van der Waals surface area contributed by atoms with Crippen LogP contribution in [0.3, 0.4) is 0 Å². The fourth-order valence-electron chi connectivity index (χ4n) is 1.66. The van der Waals surface area contributed by atoms with Crippen molar-refractivity contribution in [3.63, 3.8) is 0 Å². The highest BCUT2D eigenvalue weighted by Crippen LogP contribution is 2.21. The van der Waals surface area contributed by atoms with Gasteiger partial charge < -0.3 is 14.9 Å². The van der Waals surface area contributed by atoms with E-state index >= 15 is 0 Å². The third-order valence-electron chi connectivity index (χ3n) is 3.05. The minimum Gasteiger partial charge on any atom is -0.396 e. The van der Waals surface area contributed by atoms with E-state index in [2.05, 4.69) is 10.5 Å². The number of nitrogens with zero attached hydrogens (tertiary/aromatic N) is 1. The summed E-state index contributed by atoms with van der Waals surface area (Å²) < 4.78 is 4.79. The number of hydrogen-bond acceptors (Lipinski definition) is 4. The summed E-state index contributed by atoms with van der Waals surface area (Å²) in [5, 5.41) is 15.8. The Morgan fingerprint density at radius 2 is 2.21 bits per heavy atom. The van der Waals surface area contributed by atoms with Crippen molar-refractivity contribution in [1.29, 1.82) is 0 Å². The van der Waals surface area contributed by atoms with Crippen molar-refractivity contribution >= 4 is 17.5 Å². The van der Waals surface area contributed by atoms with Crippen molar-refractivity contribution in [1.82, 2.24) is 10.5 Å². The molecule has 0 fully saturated rings. The molecule has 0 bridgehead atoms. The molecule has 0 unspecified atom stereocenters. The molecule has 19 heavy (non-hydrogen) atoms. The number of aryl methyl sites for hydroxylation is 1. The fraction of sp³-hybridized carbons (Fsp3) is 0.692. The zero-order valence-electron chi connectivity index (χ0n) is 11.6. The van der Waals surface area contributed by atoms with Crippen molar-refractivity contribution in [2.45, 2.75) is 40.0 Å². The number of carbonyl (C=O) groups excluding carboxylic acids is 1. The molecule has 1 aromatic heterocycles. The zero-order chi connectivity index (χ0) is 14.5.